The predicted octanol–water partition coefficient (Wildman–Crippen LogP) is 6.94. The van der Waals surface area contributed by atoms with E-state index in [4.69, 9.17) is 27.9 Å². The number of hydrogen-bond donors (Lipinski definition) is 1. The largest absolute Gasteiger partial charge is 0.495 e. The number of ether oxygens (including phenoxy) is 1. The van der Waals surface area contributed by atoms with Crippen molar-refractivity contribution in [3.05, 3.63) is 100 Å². The van der Waals surface area contributed by atoms with Crippen molar-refractivity contribution in [3.8, 4) is 5.75 Å². The molecule has 0 aliphatic carbocycles. The third-order valence-electron chi connectivity index (χ3n) is 5.69. The van der Waals surface area contributed by atoms with Crippen molar-refractivity contribution in [1.29, 1.82) is 0 Å². The Balaban J connectivity index is 1.72. The van der Waals surface area contributed by atoms with E-state index in [1.165, 1.54) is 24.5 Å². The molecule has 5 rings (SSSR count). The van der Waals surface area contributed by atoms with E-state index in [2.05, 4.69) is 14.9 Å². The van der Waals surface area contributed by atoms with Crippen molar-refractivity contribution in [2.24, 2.45) is 0 Å². The Hall–Kier alpha value is -3.61. The van der Waals surface area contributed by atoms with Gasteiger partial charge in [-0.2, -0.15) is 0 Å². The van der Waals surface area contributed by atoms with Crippen LogP contribution in [0.4, 0.5) is 10.1 Å². The molecule has 3 aromatic carbocycles. The highest BCUT2D eigenvalue weighted by Gasteiger charge is 2.22. The van der Waals surface area contributed by atoms with Crippen LogP contribution in [-0.4, -0.2) is 22.6 Å². The lowest BCUT2D eigenvalue weighted by molar-refractivity contribution is 0.102. The van der Waals surface area contributed by atoms with Crippen molar-refractivity contribution < 1.29 is 13.9 Å². The van der Waals surface area contributed by atoms with Gasteiger partial charge < -0.3 is 14.6 Å². The van der Waals surface area contributed by atoms with Crippen LogP contribution >= 0.6 is 23.2 Å². The highest BCUT2D eigenvalue weighted by molar-refractivity contribution is 6.40. The molecule has 0 unspecified atom stereocenters. The molecule has 34 heavy (non-hydrogen) atoms. The average Bonchev–Trinajstić information content (AvgIpc) is 3.17. The topological polar surface area (TPSA) is 56.1 Å². The third kappa shape index (κ3) is 3.85. The van der Waals surface area contributed by atoms with Gasteiger partial charge in [0.15, 0.2) is 0 Å². The van der Waals surface area contributed by atoms with Crippen molar-refractivity contribution in [1.82, 2.24) is 9.55 Å². The number of carbonyl (C=O) groups is 1. The van der Waals surface area contributed by atoms with Gasteiger partial charge in [-0.15, -0.1) is 0 Å². The molecule has 0 bridgehead atoms. The molecule has 0 saturated carbocycles. The highest BCUT2D eigenvalue weighted by Crippen LogP contribution is 2.38. The first-order chi connectivity index (χ1) is 16.5. The van der Waals surface area contributed by atoms with Crippen LogP contribution in [-0.2, 0) is 6.54 Å². The SMILES string of the molecule is COc1ccc(C(=O)Nc2c(Cl)cncc2Cl)c2c3ccccc3n(Cc3ccc(F)cc3)c12. The zero-order valence-electron chi connectivity index (χ0n) is 18.0. The number of benzene rings is 3. The average molecular weight is 494 g/mol. The second-order valence-corrected chi connectivity index (χ2v) is 8.52. The minimum atomic E-state index is -0.368. The van der Waals surface area contributed by atoms with Crippen LogP contribution < -0.4 is 10.1 Å². The molecule has 2 aromatic heterocycles. The fraction of sp³-hybridized carbons (Fsp3) is 0.0769. The molecule has 0 aliphatic heterocycles. The Kier molecular flexibility index (Phi) is 5.86. The Bertz CT molecular complexity index is 1530. The van der Waals surface area contributed by atoms with E-state index in [9.17, 15) is 9.18 Å². The van der Waals surface area contributed by atoms with Crippen LogP contribution in [0.2, 0.25) is 10.0 Å². The molecule has 0 atom stereocenters. The number of nitrogens with zero attached hydrogens (tertiary/aromatic N) is 2. The highest BCUT2D eigenvalue weighted by atomic mass is 35.5. The van der Waals surface area contributed by atoms with E-state index in [1.54, 1.807) is 31.4 Å². The van der Waals surface area contributed by atoms with Crippen LogP contribution in [0.25, 0.3) is 21.8 Å². The maximum Gasteiger partial charge on any atom is 0.256 e. The maximum atomic E-state index is 13.5. The summed E-state index contributed by atoms with van der Waals surface area (Å²) >= 11 is 12.4. The standard InChI is InChI=1S/C26H18Cl2FN3O2/c1-34-22-11-10-18(26(33)31-24-19(27)12-30-13-20(24)28)23-17-4-2-3-5-21(17)32(25(22)23)14-15-6-8-16(29)9-7-15/h2-13H,14H2,1H3,(H,30,31,33). The molecule has 0 fully saturated rings. The second-order valence-electron chi connectivity index (χ2n) is 7.70. The zero-order chi connectivity index (χ0) is 23.8. The number of methoxy groups -OCH3 is 1. The van der Waals surface area contributed by atoms with Crippen LogP contribution in [0, 0.1) is 5.82 Å². The summed E-state index contributed by atoms with van der Waals surface area (Å²) in [7, 11) is 1.59. The number of anilines is 1. The van der Waals surface area contributed by atoms with Gasteiger partial charge in [-0.3, -0.25) is 9.78 Å². The first-order valence-electron chi connectivity index (χ1n) is 10.4. The van der Waals surface area contributed by atoms with Crippen molar-refractivity contribution >= 4 is 56.6 Å². The molecule has 8 heteroatoms. The van der Waals surface area contributed by atoms with Gasteiger partial charge >= 0.3 is 0 Å². The lowest BCUT2D eigenvalue weighted by atomic mass is 10.0. The molecular weight excluding hydrogens is 476 g/mol. The van der Waals surface area contributed by atoms with Gasteiger partial charge in [0.2, 0.25) is 0 Å². The van der Waals surface area contributed by atoms with Crippen molar-refractivity contribution in [3.63, 3.8) is 0 Å². The fourth-order valence-electron chi connectivity index (χ4n) is 4.16. The van der Waals surface area contributed by atoms with Crippen LogP contribution in [0.5, 0.6) is 5.75 Å². The van der Waals surface area contributed by atoms with E-state index in [0.29, 0.717) is 23.5 Å². The molecule has 5 nitrogen and oxygen atoms in total. The van der Waals surface area contributed by atoms with E-state index in [-0.39, 0.29) is 21.8 Å². The van der Waals surface area contributed by atoms with Gasteiger partial charge in [0.25, 0.3) is 5.91 Å². The Morgan fingerprint density at radius 1 is 1.03 bits per heavy atom. The summed E-state index contributed by atoms with van der Waals surface area (Å²) in [6, 6.07) is 17.6. The monoisotopic (exact) mass is 493 g/mol. The fourth-order valence-corrected chi connectivity index (χ4v) is 4.61. The van der Waals surface area contributed by atoms with Gasteiger partial charge in [-0.25, -0.2) is 4.39 Å². The second kappa shape index (κ2) is 8.97. The molecular formula is C26H18Cl2FN3O2. The Labute approximate surface area is 204 Å². The third-order valence-corrected chi connectivity index (χ3v) is 6.26. The maximum absolute atomic E-state index is 13.5. The number of aromatic nitrogens is 2. The molecule has 170 valence electrons. The van der Waals surface area contributed by atoms with Crippen molar-refractivity contribution in [2.75, 3.05) is 12.4 Å². The van der Waals surface area contributed by atoms with Crippen LogP contribution in [0.15, 0.2) is 73.1 Å². The van der Waals surface area contributed by atoms with Gasteiger partial charge in [0.1, 0.15) is 11.6 Å². The van der Waals surface area contributed by atoms with Crippen LogP contribution in [0.3, 0.4) is 0 Å². The molecule has 2 heterocycles. The minimum Gasteiger partial charge on any atom is -0.495 e. The summed E-state index contributed by atoms with van der Waals surface area (Å²) in [5.41, 5.74) is 3.32. The van der Waals surface area contributed by atoms with Crippen molar-refractivity contribution in [2.45, 2.75) is 6.54 Å². The van der Waals surface area contributed by atoms with E-state index in [0.717, 1.165) is 27.4 Å². The van der Waals surface area contributed by atoms with Crippen LogP contribution in [0.1, 0.15) is 15.9 Å². The number of fused-ring (bicyclic) bond motifs is 3. The number of amides is 1. The number of rotatable bonds is 5. The smallest absolute Gasteiger partial charge is 0.256 e. The first-order valence-corrected chi connectivity index (χ1v) is 11.2. The number of hydrogen-bond acceptors (Lipinski definition) is 3. The Morgan fingerprint density at radius 3 is 2.44 bits per heavy atom. The van der Waals surface area contributed by atoms with Gasteiger partial charge in [-0.05, 0) is 35.9 Å². The number of halogens is 3. The van der Waals surface area contributed by atoms with Gasteiger partial charge in [-0.1, -0.05) is 53.5 Å². The molecule has 1 N–H and O–H groups in total. The number of para-hydroxylation sites is 1. The van der Waals surface area contributed by atoms with E-state index >= 15 is 0 Å². The number of carbonyl (C=O) groups excluding carboxylic acids is 1. The summed E-state index contributed by atoms with van der Waals surface area (Å²) in [6.07, 6.45) is 2.84. The minimum absolute atomic E-state index is 0.240. The molecule has 5 aromatic rings. The summed E-state index contributed by atoms with van der Waals surface area (Å²) in [5, 5.41) is 4.92. The number of nitrogens with one attached hydrogen (secondary N) is 1. The van der Waals surface area contributed by atoms with E-state index in [1.807, 2.05) is 24.3 Å². The van der Waals surface area contributed by atoms with E-state index < -0.39 is 0 Å². The zero-order valence-corrected chi connectivity index (χ0v) is 19.5. The first kappa shape index (κ1) is 22.2. The van der Waals surface area contributed by atoms with Gasteiger partial charge in [0, 0.05) is 40.8 Å². The summed E-state index contributed by atoms with van der Waals surface area (Å²) in [4.78, 5) is 17.4. The Morgan fingerprint density at radius 2 is 1.74 bits per heavy atom. The lowest BCUT2D eigenvalue weighted by Gasteiger charge is -2.13. The predicted molar refractivity (Wildman–Crippen MR) is 134 cm³/mol. The normalized spacial score (nSPS) is 11.2. The molecule has 0 radical (unpaired) electrons. The summed E-state index contributed by atoms with van der Waals surface area (Å²) in [6.45, 7) is 0.466. The summed E-state index contributed by atoms with van der Waals surface area (Å²) < 4.78 is 21.2. The number of pyridine rings is 1. The molecule has 1 amide bonds. The molecule has 0 spiro atoms. The lowest BCUT2D eigenvalue weighted by Crippen LogP contribution is -2.13. The summed E-state index contributed by atoms with van der Waals surface area (Å²) in [5.74, 6) is -0.0480. The molecule has 0 aliphatic rings. The quantitative estimate of drug-likeness (QED) is 0.288. The molecule has 0 saturated heterocycles. The van der Waals surface area contributed by atoms with Gasteiger partial charge in [0.05, 0.1) is 28.4 Å².